The van der Waals surface area contributed by atoms with E-state index in [-0.39, 0.29) is 12.6 Å². The molecular weight excluding hydrogens is 316 g/mol. The van der Waals surface area contributed by atoms with E-state index in [0.29, 0.717) is 13.0 Å². The normalized spacial score (nSPS) is 12.9. The summed E-state index contributed by atoms with van der Waals surface area (Å²) in [5.74, 6) is 0.777. The molecule has 134 valence electrons. The Balaban J connectivity index is 1.71. The number of rotatable bonds is 8. The van der Waals surface area contributed by atoms with Crippen LogP contribution in [0.5, 0.6) is 5.75 Å². The number of hydrogen-bond donors (Lipinski definition) is 3. The van der Waals surface area contributed by atoms with Crippen LogP contribution in [0.25, 0.3) is 0 Å². The molecule has 5 nitrogen and oxygen atoms in total. The SMILES string of the molecule is COc1ccc(CC(C)(O)CNC(=O)NCCc2ccccc2)cc1. The lowest BCUT2D eigenvalue weighted by atomic mass is 9.96. The number of benzene rings is 2. The first kappa shape index (κ1) is 18.8. The van der Waals surface area contributed by atoms with Gasteiger partial charge in [-0.3, -0.25) is 0 Å². The molecule has 0 heterocycles. The minimum absolute atomic E-state index is 0.177. The maximum absolute atomic E-state index is 11.9. The Kier molecular flexibility index (Phi) is 6.83. The van der Waals surface area contributed by atoms with Crippen molar-refractivity contribution in [2.75, 3.05) is 20.2 Å². The first-order chi connectivity index (χ1) is 12.0. The minimum Gasteiger partial charge on any atom is -0.497 e. The highest BCUT2D eigenvalue weighted by atomic mass is 16.5. The molecule has 0 bridgehead atoms. The molecule has 5 heteroatoms. The molecule has 25 heavy (non-hydrogen) atoms. The van der Waals surface area contributed by atoms with Crippen LogP contribution in [0, 0.1) is 0 Å². The molecule has 3 N–H and O–H groups in total. The molecule has 2 amide bonds. The fourth-order valence-corrected chi connectivity index (χ4v) is 2.54. The maximum atomic E-state index is 11.9. The number of methoxy groups -OCH3 is 1. The largest absolute Gasteiger partial charge is 0.497 e. The van der Waals surface area contributed by atoms with Crippen LogP contribution in [-0.2, 0) is 12.8 Å². The Morgan fingerprint density at radius 1 is 1.04 bits per heavy atom. The van der Waals surface area contributed by atoms with E-state index >= 15 is 0 Å². The second-order valence-electron chi connectivity index (χ2n) is 6.37. The van der Waals surface area contributed by atoms with E-state index in [2.05, 4.69) is 10.6 Å². The highest BCUT2D eigenvalue weighted by Gasteiger charge is 2.21. The van der Waals surface area contributed by atoms with E-state index in [1.807, 2.05) is 54.6 Å². The number of nitrogens with one attached hydrogen (secondary N) is 2. The van der Waals surface area contributed by atoms with Gasteiger partial charge in [-0.1, -0.05) is 42.5 Å². The Morgan fingerprint density at radius 2 is 1.72 bits per heavy atom. The fourth-order valence-electron chi connectivity index (χ4n) is 2.54. The molecule has 0 saturated heterocycles. The molecule has 0 fully saturated rings. The van der Waals surface area contributed by atoms with Gasteiger partial charge in [0.25, 0.3) is 0 Å². The first-order valence-electron chi connectivity index (χ1n) is 8.39. The zero-order valence-electron chi connectivity index (χ0n) is 14.8. The summed E-state index contributed by atoms with van der Waals surface area (Å²) in [7, 11) is 1.62. The summed E-state index contributed by atoms with van der Waals surface area (Å²) in [5, 5.41) is 16.0. The molecule has 0 radical (unpaired) electrons. The molecule has 2 rings (SSSR count). The van der Waals surface area contributed by atoms with Crippen molar-refractivity contribution in [1.29, 1.82) is 0 Å². The molecule has 1 unspecified atom stereocenters. The zero-order chi connectivity index (χ0) is 18.1. The van der Waals surface area contributed by atoms with Gasteiger partial charge in [-0.25, -0.2) is 4.79 Å². The number of carbonyl (C=O) groups is 1. The second-order valence-corrected chi connectivity index (χ2v) is 6.37. The number of hydrogen-bond acceptors (Lipinski definition) is 3. The van der Waals surface area contributed by atoms with Gasteiger partial charge in [-0.2, -0.15) is 0 Å². The van der Waals surface area contributed by atoms with Crippen LogP contribution in [0.1, 0.15) is 18.1 Å². The monoisotopic (exact) mass is 342 g/mol. The Labute approximate surface area is 149 Å². The Morgan fingerprint density at radius 3 is 2.36 bits per heavy atom. The molecule has 0 aromatic heterocycles. The lowest BCUT2D eigenvalue weighted by Crippen LogP contribution is -2.46. The summed E-state index contributed by atoms with van der Waals surface area (Å²) >= 11 is 0. The van der Waals surface area contributed by atoms with Gasteiger partial charge in [0.15, 0.2) is 0 Å². The van der Waals surface area contributed by atoms with Crippen molar-refractivity contribution >= 4 is 6.03 Å². The van der Waals surface area contributed by atoms with Gasteiger partial charge < -0.3 is 20.5 Å². The van der Waals surface area contributed by atoms with Crippen molar-refractivity contribution in [2.24, 2.45) is 0 Å². The van der Waals surface area contributed by atoms with E-state index in [1.165, 1.54) is 5.56 Å². The summed E-state index contributed by atoms with van der Waals surface area (Å²) in [6.07, 6.45) is 1.22. The van der Waals surface area contributed by atoms with E-state index in [0.717, 1.165) is 17.7 Å². The zero-order valence-corrected chi connectivity index (χ0v) is 14.8. The average molecular weight is 342 g/mol. The molecule has 2 aromatic carbocycles. The fraction of sp³-hybridized carbons (Fsp3) is 0.350. The molecule has 0 saturated carbocycles. The average Bonchev–Trinajstić information content (AvgIpc) is 2.61. The van der Waals surface area contributed by atoms with Crippen molar-refractivity contribution < 1.29 is 14.6 Å². The highest BCUT2D eigenvalue weighted by Crippen LogP contribution is 2.16. The van der Waals surface area contributed by atoms with Gasteiger partial charge >= 0.3 is 6.03 Å². The van der Waals surface area contributed by atoms with Crippen LogP contribution in [0.4, 0.5) is 4.79 Å². The second kappa shape index (κ2) is 9.08. The molecule has 0 aliphatic carbocycles. The van der Waals surface area contributed by atoms with E-state index in [9.17, 15) is 9.90 Å². The van der Waals surface area contributed by atoms with Gasteiger partial charge in [0.1, 0.15) is 5.75 Å². The summed E-state index contributed by atoms with van der Waals surface area (Å²) in [4.78, 5) is 11.9. The van der Waals surface area contributed by atoms with Gasteiger partial charge in [0.05, 0.1) is 12.7 Å². The van der Waals surface area contributed by atoms with Crippen LogP contribution < -0.4 is 15.4 Å². The number of carbonyl (C=O) groups excluding carboxylic acids is 1. The minimum atomic E-state index is -1.02. The Bertz CT molecular complexity index is 654. The van der Waals surface area contributed by atoms with E-state index < -0.39 is 5.60 Å². The summed E-state index contributed by atoms with van der Waals surface area (Å²) in [6.45, 7) is 2.44. The summed E-state index contributed by atoms with van der Waals surface area (Å²) in [6, 6.07) is 17.2. The standard InChI is InChI=1S/C20H26N2O3/c1-20(24,14-17-8-10-18(25-2)11-9-17)15-22-19(23)21-13-12-16-6-4-3-5-7-16/h3-11,24H,12-15H2,1-2H3,(H2,21,22,23). The summed E-state index contributed by atoms with van der Waals surface area (Å²) in [5.41, 5.74) is 1.14. The van der Waals surface area contributed by atoms with Gasteiger partial charge in [-0.05, 0) is 36.6 Å². The highest BCUT2D eigenvalue weighted by molar-refractivity contribution is 5.73. The number of amides is 2. The van der Waals surface area contributed by atoms with E-state index in [1.54, 1.807) is 14.0 Å². The first-order valence-corrected chi connectivity index (χ1v) is 8.39. The lowest BCUT2D eigenvalue weighted by Gasteiger charge is -2.24. The summed E-state index contributed by atoms with van der Waals surface area (Å²) < 4.78 is 5.12. The van der Waals surface area contributed by atoms with Crippen molar-refractivity contribution in [3.8, 4) is 5.75 Å². The third kappa shape index (κ3) is 6.85. The third-order valence-corrected chi connectivity index (χ3v) is 3.92. The van der Waals surface area contributed by atoms with Crippen molar-refractivity contribution in [1.82, 2.24) is 10.6 Å². The van der Waals surface area contributed by atoms with Crippen LogP contribution in [0.15, 0.2) is 54.6 Å². The Hall–Kier alpha value is -2.53. The predicted octanol–water partition coefficient (Wildman–Crippen LogP) is 2.53. The quantitative estimate of drug-likeness (QED) is 0.690. The van der Waals surface area contributed by atoms with Crippen molar-refractivity contribution in [3.63, 3.8) is 0 Å². The van der Waals surface area contributed by atoms with Gasteiger partial charge in [-0.15, -0.1) is 0 Å². The molecule has 1 atom stereocenters. The molecule has 0 spiro atoms. The maximum Gasteiger partial charge on any atom is 0.314 e. The topological polar surface area (TPSA) is 70.6 Å². The number of urea groups is 1. The van der Waals surface area contributed by atoms with Gasteiger partial charge in [0.2, 0.25) is 0 Å². The third-order valence-electron chi connectivity index (χ3n) is 3.92. The molecular formula is C20H26N2O3. The van der Waals surface area contributed by atoms with Crippen LogP contribution in [0.3, 0.4) is 0 Å². The van der Waals surface area contributed by atoms with Crippen LogP contribution in [0.2, 0.25) is 0 Å². The lowest BCUT2D eigenvalue weighted by molar-refractivity contribution is 0.0624. The molecule has 2 aromatic rings. The predicted molar refractivity (Wildman–Crippen MR) is 98.9 cm³/mol. The van der Waals surface area contributed by atoms with Crippen molar-refractivity contribution in [3.05, 3.63) is 65.7 Å². The smallest absolute Gasteiger partial charge is 0.314 e. The van der Waals surface area contributed by atoms with Crippen molar-refractivity contribution in [2.45, 2.75) is 25.4 Å². The van der Waals surface area contributed by atoms with Crippen LogP contribution in [-0.4, -0.2) is 36.9 Å². The molecule has 0 aliphatic rings. The number of aliphatic hydroxyl groups is 1. The van der Waals surface area contributed by atoms with Gasteiger partial charge in [0, 0.05) is 19.5 Å². The number of ether oxygens (including phenoxy) is 1. The molecule has 0 aliphatic heterocycles. The van der Waals surface area contributed by atoms with Crippen LogP contribution >= 0.6 is 0 Å². The van der Waals surface area contributed by atoms with E-state index in [4.69, 9.17) is 4.74 Å².